The molecular formula is C25H29N3O3. The number of carboxylic acids is 1. The zero-order chi connectivity index (χ0) is 22.0. The second kappa shape index (κ2) is 8.65. The Hall–Kier alpha value is -2.96. The van der Waals surface area contributed by atoms with Crippen LogP contribution in [-0.2, 0) is 17.8 Å². The summed E-state index contributed by atoms with van der Waals surface area (Å²) in [6.07, 6.45) is -0.181. The van der Waals surface area contributed by atoms with Crippen molar-refractivity contribution in [3.8, 4) is 5.69 Å². The number of nitrogens with zero attached hydrogens (tertiary/aromatic N) is 3. The number of β-amino-alcohol motifs (C(OH)–C–C–N with tert-alkyl or cyclic N) is 1. The quantitative estimate of drug-likeness (QED) is 0.641. The number of aliphatic hydroxyl groups excluding tert-OH is 1. The maximum atomic E-state index is 12.2. The summed E-state index contributed by atoms with van der Waals surface area (Å²) in [7, 11) is 0. The summed E-state index contributed by atoms with van der Waals surface area (Å²) in [5, 5.41) is 25.5. The fraction of sp³-hybridized carbons (Fsp3) is 0.360. The van der Waals surface area contributed by atoms with Crippen molar-refractivity contribution in [1.29, 1.82) is 0 Å². The van der Waals surface area contributed by atoms with Gasteiger partial charge in [0.05, 0.1) is 17.5 Å². The van der Waals surface area contributed by atoms with Crippen LogP contribution in [0.3, 0.4) is 0 Å². The predicted molar refractivity (Wildman–Crippen MR) is 119 cm³/mol. The SMILES string of the molecule is Cc1cc(C)n(-c2cccc(CN3CC[C@](Cc4ccccc4)(C(=O)O)[C@@H](O)C3)c2)n1. The van der Waals surface area contributed by atoms with Crippen LogP contribution in [0.1, 0.15) is 28.9 Å². The van der Waals surface area contributed by atoms with Crippen molar-refractivity contribution in [2.24, 2.45) is 5.41 Å². The first-order valence-corrected chi connectivity index (χ1v) is 10.7. The summed E-state index contributed by atoms with van der Waals surface area (Å²) in [6.45, 7) is 5.63. The number of carboxylic acid groups (broad SMARTS) is 1. The fourth-order valence-electron chi connectivity index (χ4n) is 4.60. The molecule has 2 atom stereocenters. The molecule has 0 aliphatic carbocycles. The maximum Gasteiger partial charge on any atom is 0.312 e. The molecule has 0 spiro atoms. The highest BCUT2D eigenvalue weighted by Gasteiger charge is 2.48. The highest BCUT2D eigenvalue weighted by atomic mass is 16.4. The van der Waals surface area contributed by atoms with Crippen molar-refractivity contribution >= 4 is 5.97 Å². The van der Waals surface area contributed by atoms with Crippen LogP contribution in [0.15, 0.2) is 60.7 Å². The van der Waals surface area contributed by atoms with Gasteiger partial charge in [-0.3, -0.25) is 9.69 Å². The number of benzene rings is 2. The van der Waals surface area contributed by atoms with Gasteiger partial charge in [-0.2, -0.15) is 5.10 Å². The molecule has 0 unspecified atom stereocenters. The summed E-state index contributed by atoms with van der Waals surface area (Å²) in [6, 6.07) is 19.8. The molecule has 0 amide bonds. The van der Waals surface area contributed by atoms with Gasteiger partial charge in [-0.25, -0.2) is 4.68 Å². The number of aliphatic carboxylic acids is 1. The Labute approximate surface area is 182 Å². The maximum absolute atomic E-state index is 12.2. The van der Waals surface area contributed by atoms with Gasteiger partial charge in [0, 0.05) is 18.8 Å². The first-order valence-electron chi connectivity index (χ1n) is 10.7. The number of rotatable bonds is 6. The number of hydrogen-bond donors (Lipinski definition) is 2. The molecule has 1 aliphatic rings. The van der Waals surface area contributed by atoms with E-state index in [4.69, 9.17) is 0 Å². The van der Waals surface area contributed by atoms with Crippen molar-refractivity contribution in [3.05, 3.63) is 83.2 Å². The molecule has 1 saturated heterocycles. The van der Waals surface area contributed by atoms with Crippen LogP contribution in [-0.4, -0.2) is 50.1 Å². The van der Waals surface area contributed by atoms with E-state index in [2.05, 4.69) is 22.1 Å². The molecule has 1 aliphatic heterocycles. The molecule has 3 aromatic rings. The summed E-state index contributed by atoms with van der Waals surface area (Å²) >= 11 is 0. The van der Waals surface area contributed by atoms with E-state index in [1.165, 1.54) is 0 Å². The zero-order valence-corrected chi connectivity index (χ0v) is 18.0. The van der Waals surface area contributed by atoms with Gasteiger partial charge < -0.3 is 10.2 Å². The molecule has 1 fully saturated rings. The molecule has 4 rings (SSSR count). The fourth-order valence-corrected chi connectivity index (χ4v) is 4.60. The Balaban J connectivity index is 1.48. The van der Waals surface area contributed by atoms with Crippen molar-refractivity contribution < 1.29 is 15.0 Å². The molecule has 6 nitrogen and oxygen atoms in total. The number of carbonyl (C=O) groups is 1. The number of aliphatic hydroxyl groups is 1. The molecular weight excluding hydrogens is 390 g/mol. The highest BCUT2D eigenvalue weighted by molar-refractivity contribution is 5.76. The summed E-state index contributed by atoms with van der Waals surface area (Å²) < 4.78 is 1.93. The summed E-state index contributed by atoms with van der Waals surface area (Å²) in [5.74, 6) is -0.921. The van der Waals surface area contributed by atoms with E-state index in [9.17, 15) is 15.0 Å². The van der Waals surface area contributed by atoms with Crippen LogP contribution in [0.25, 0.3) is 5.69 Å². The van der Waals surface area contributed by atoms with Gasteiger partial charge in [-0.05, 0) is 62.6 Å². The number of aromatic nitrogens is 2. The average molecular weight is 420 g/mol. The number of hydrogen-bond acceptors (Lipinski definition) is 4. The van der Waals surface area contributed by atoms with Crippen LogP contribution >= 0.6 is 0 Å². The zero-order valence-electron chi connectivity index (χ0n) is 18.0. The molecule has 0 bridgehead atoms. The highest BCUT2D eigenvalue weighted by Crippen LogP contribution is 2.36. The lowest BCUT2D eigenvalue weighted by atomic mass is 9.71. The van der Waals surface area contributed by atoms with Crippen LogP contribution in [0.5, 0.6) is 0 Å². The first-order chi connectivity index (χ1) is 14.9. The largest absolute Gasteiger partial charge is 0.481 e. The van der Waals surface area contributed by atoms with Crippen molar-refractivity contribution in [2.75, 3.05) is 13.1 Å². The van der Waals surface area contributed by atoms with Crippen molar-refractivity contribution in [3.63, 3.8) is 0 Å². The summed E-state index contributed by atoms with van der Waals surface area (Å²) in [5.41, 5.74) is 3.96. The van der Waals surface area contributed by atoms with E-state index in [1.54, 1.807) is 0 Å². The Kier molecular flexibility index (Phi) is 5.94. The molecule has 0 saturated carbocycles. The Morgan fingerprint density at radius 1 is 1.10 bits per heavy atom. The van der Waals surface area contributed by atoms with Gasteiger partial charge in [0.25, 0.3) is 0 Å². The lowest BCUT2D eigenvalue weighted by Crippen LogP contribution is -2.55. The molecule has 162 valence electrons. The van der Waals surface area contributed by atoms with Gasteiger partial charge in [-0.1, -0.05) is 42.5 Å². The smallest absolute Gasteiger partial charge is 0.312 e. The lowest BCUT2D eigenvalue weighted by molar-refractivity contribution is -0.163. The van der Waals surface area contributed by atoms with Gasteiger partial charge in [0.2, 0.25) is 0 Å². The van der Waals surface area contributed by atoms with Gasteiger partial charge in [0.1, 0.15) is 5.41 Å². The van der Waals surface area contributed by atoms with Crippen LogP contribution in [0.2, 0.25) is 0 Å². The van der Waals surface area contributed by atoms with Gasteiger partial charge >= 0.3 is 5.97 Å². The Morgan fingerprint density at radius 2 is 1.84 bits per heavy atom. The Morgan fingerprint density at radius 3 is 2.48 bits per heavy atom. The minimum atomic E-state index is -1.15. The predicted octanol–water partition coefficient (Wildman–Crippen LogP) is 3.37. The summed E-state index contributed by atoms with van der Waals surface area (Å²) in [4.78, 5) is 14.3. The third kappa shape index (κ3) is 4.40. The van der Waals surface area contributed by atoms with Crippen molar-refractivity contribution in [1.82, 2.24) is 14.7 Å². The average Bonchev–Trinajstić information content (AvgIpc) is 3.09. The van der Waals surface area contributed by atoms with Gasteiger partial charge in [0.15, 0.2) is 0 Å². The minimum absolute atomic E-state index is 0.337. The number of likely N-dealkylation sites (tertiary alicyclic amines) is 1. The molecule has 2 N–H and O–H groups in total. The van der Waals surface area contributed by atoms with Gasteiger partial charge in [-0.15, -0.1) is 0 Å². The first kappa shape index (κ1) is 21.3. The molecule has 31 heavy (non-hydrogen) atoms. The van der Waals surface area contributed by atoms with E-state index >= 15 is 0 Å². The molecule has 6 heteroatoms. The van der Waals surface area contributed by atoms with Crippen molar-refractivity contribution in [2.45, 2.75) is 39.3 Å². The molecule has 2 aromatic carbocycles. The van der Waals surface area contributed by atoms with Crippen LogP contribution < -0.4 is 0 Å². The topological polar surface area (TPSA) is 78.6 Å². The minimum Gasteiger partial charge on any atom is -0.481 e. The van der Waals surface area contributed by atoms with Crippen LogP contribution in [0, 0.1) is 19.3 Å². The standard InChI is InChI=1S/C25H29N3O3/c1-18-13-19(2)28(26-18)22-10-6-9-21(14-22)16-27-12-11-25(24(30)31,23(29)17-27)15-20-7-4-3-5-8-20/h3-10,13-14,23,29H,11-12,15-17H2,1-2H3,(H,30,31)/t23-,25+/m0/s1. The third-order valence-electron chi connectivity index (χ3n) is 6.30. The lowest BCUT2D eigenvalue weighted by Gasteiger charge is -2.43. The third-order valence-corrected chi connectivity index (χ3v) is 6.30. The number of aryl methyl sites for hydroxylation is 2. The molecule has 2 heterocycles. The number of piperidine rings is 1. The normalized spacial score (nSPS) is 21.8. The van der Waals surface area contributed by atoms with E-state index in [-0.39, 0.29) is 0 Å². The Bertz CT molecular complexity index is 1060. The van der Waals surface area contributed by atoms with E-state index in [1.807, 2.05) is 67.1 Å². The molecule has 0 radical (unpaired) electrons. The molecule has 1 aromatic heterocycles. The second-order valence-corrected chi connectivity index (χ2v) is 8.63. The monoisotopic (exact) mass is 419 g/mol. The second-order valence-electron chi connectivity index (χ2n) is 8.63. The van der Waals surface area contributed by atoms with E-state index in [0.717, 1.165) is 28.2 Å². The van der Waals surface area contributed by atoms with E-state index in [0.29, 0.717) is 32.5 Å². The van der Waals surface area contributed by atoms with E-state index < -0.39 is 17.5 Å². The van der Waals surface area contributed by atoms with Crippen LogP contribution in [0.4, 0.5) is 0 Å².